The first kappa shape index (κ1) is 16.5. The molecule has 0 aliphatic carbocycles. The summed E-state index contributed by atoms with van der Waals surface area (Å²) < 4.78 is 0. The topological polar surface area (TPSA) is 66.9 Å². The molecule has 0 aliphatic rings. The molecule has 1 heterocycles. The van der Waals surface area contributed by atoms with Crippen molar-refractivity contribution in [3.8, 4) is 0 Å². The van der Waals surface area contributed by atoms with Gasteiger partial charge in [0.1, 0.15) is 0 Å². The molecule has 0 radical (unpaired) electrons. The van der Waals surface area contributed by atoms with E-state index in [9.17, 15) is 4.79 Å². The van der Waals surface area contributed by atoms with Crippen LogP contribution in [0.2, 0.25) is 10.0 Å². The minimum Gasteiger partial charge on any atom is -0.347 e. The maximum atomic E-state index is 12.0. The molecule has 2 aromatic rings. The summed E-state index contributed by atoms with van der Waals surface area (Å²) in [5.74, 6) is 0.135. The van der Waals surface area contributed by atoms with Crippen molar-refractivity contribution in [1.82, 2.24) is 15.3 Å². The number of halogens is 2. The highest BCUT2D eigenvalue weighted by molar-refractivity contribution is 6.35. The number of amides is 1. The first-order valence-electron chi connectivity index (χ1n) is 6.61. The van der Waals surface area contributed by atoms with E-state index in [-0.39, 0.29) is 11.4 Å². The van der Waals surface area contributed by atoms with Crippen molar-refractivity contribution >= 4 is 40.7 Å². The second-order valence-electron chi connectivity index (χ2n) is 5.78. The lowest BCUT2D eigenvalue weighted by molar-refractivity contribution is 0.0919. The van der Waals surface area contributed by atoms with Crippen LogP contribution < -0.4 is 10.6 Å². The molecule has 0 aliphatic heterocycles. The highest BCUT2D eigenvalue weighted by Gasteiger charge is 2.15. The summed E-state index contributed by atoms with van der Waals surface area (Å²) in [6.45, 7) is 5.72. The van der Waals surface area contributed by atoms with Crippen LogP contribution in [0, 0.1) is 0 Å². The van der Waals surface area contributed by atoms with E-state index in [1.54, 1.807) is 18.2 Å². The van der Waals surface area contributed by atoms with Crippen LogP contribution in [0.5, 0.6) is 0 Å². The summed E-state index contributed by atoms with van der Waals surface area (Å²) in [6.07, 6.45) is 2.92. The zero-order valence-electron chi connectivity index (χ0n) is 12.4. The van der Waals surface area contributed by atoms with Gasteiger partial charge in [-0.3, -0.25) is 4.79 Å². The molecular formula is C15H16Cl2N4O. The smallest absolute Gasteiger partial charge is 0.254 e. The first-order chi connectivity index (χ1) is 10.2. The van der Waals surface area contributed by atoms with Gasteiger partial charge >= 0.3 is 0 Å². The van der Waals surface area contributed by atoms with Crippen molar-refractivity contribution in [3.05, 3.63) is 46.2 Å². The Labute approximate surface area is 139 Å². The lowest BCUT2D eigenvalue weighted by atomic mass is 10.1. The third kappa shape index (κ3) is 4.86. The quantitative estimate of drug-likeness (QED) is 0.885. The van der Waals surface area contributed by atoms with E-state index in [0.29, 0.717) is 27.2 Å². The van der Waals surface area contributed by atoms with Crippen LogP contribution in [-0.4, -0.2) is 21.4 Å². The van der Waals surface area contributed by atoms with Gasteiger partial charge in [0.15, 0.2) is 0 Å². The van der Waals surface area contributed by atoms with Crippen LogP contribution in [0.15, 0.2) is 30.6 Å². The van der Waals surface area contributed by atoms with E-state index in [1.165, 1.54) is 12.4 Å². The van der Waals surface area contributed by atoms with Gasteiger partial charge in [-0.15, -0.1) is 0 Å². The van der Waals surface area contributed by atoms with Gasteiger partial charge in [-0.05, 0) is 39.0 Å². The van der Waals surface area contributed by atoms with Gasteiger partial charge in [0.2, 0.25) is 5.95 Å². The molecule has 1 aromatic heterocycles. The minimum atomic E-state index is -0.314. The molecule has 0 unspecified atom stereocenters. The number of hydrogen-bond donors (Lipinski definition) is 2. The number of carbonyl (C=O) groups excluding carboxylic acids is 1. The van der Waals surface area contributed by atoms with Crippen LogP contribution in [-0.2, 0) is 0 Å². The number of benzene rings is 1. The van der Waals surface area contributed by atoms with Gasteiger partial charge < -0.3 is 10.6 Å². The normalized spacial score (nSPS) is 11.1. The predicted molar refractivity (Wildman–Crippen MR) is 89.0 cm³/mol. The molecule has 1 amide bonds. The molecule has 0 bridgehead atoms. The molecule has 2 rings (SSSR count). The number of aromatic nitrogens is 2. The van der Waals surface area contributed by atoms with Gasteiger partial charge in [-0.1, -0.05) is 23.2 Å². The van der Waals surface area contributed by atoms with Crippen molar-refractivity contribution in [2.75, 3.05) is 5.32 Å². The second-order valence-corrected chi connectivity index (χ2v) is 6.66. The number of anilines is 2. The molecule has 0 saturated heterocycles. The molecule has 2 N–H and O–H groups in total. The fraction of sp³-hybridized carbons (Fsp3) is 0.267. The van der Waals surface area contributed by atoms with Crippen LogP contribution in [0.1, 0.15) is 31.1 Å². The zero-order valence-corrected chi connectivity index (χ0v) is 14.0. The Morgan fingerprint density at radius 2 is 1.59 bits per heavy atom. The Kier molecular flexibility index (Phi) is 4.88. The monoisotopic (exact) mass is 338 g/mol. The first-order valence-corrected chi connectivity index (χ1v) is 7.36. The number of hydrogen-bond acceptors (Lipinski definition) is 4. The largest absolute Gasteiger partial charge is 0.347 e. The molecule has 0 atom stereocenters. The maximum Gasteiger partial charge on any atom is 0.254 e. The number of carbonyl (C=O) groups is 1. The van der Waals surface area contributed by atoms with Crippen molar-refractivity contribution in [3.63, 3.8) is 0 Å². The van der Waals surface area contributed by atoms with Crippen molar-refractivity contribution in [2.45, 2.75) is 26.3 Å². The average Bonchev–Trinajstić information content (AvgIpc) is 2.36. The zero-order chi connectivity index (χ0) is 16.3. The van der Waals surface area contributed by atoms with Gasteiger partial charge in [-0.2, -0.15) is 0 Å². The Morgan fingerprint density at radius 1 is 1.05 bits per heavy atom. The van der Waals surface area contributed by atoms with Gasteiger partial charge in [0, 0.05) is 33.7 Å². The third-order valence-corrected chi connectivity index (χ3v) is 2.96. The molecule has 0 spiro atoms. The lowest BCUT2D eigenvalue weighted by Crippen LogP contribution is -2.40. The van der Waals surface area contributed by atoms with Crippen LogP contribution in [0.4, 0.5) is 11.6 Å². The Bertz CT molecular complexity index is 661. The lowest BCUT2D eigenvalue weighted by Gasteiger charge is -2.20. The molecule has 0 fully saturated rings. The molecule has 1 aromatic carbocycles. The summed E-state index contributed by atoms with van der Waals surface area (Å²) in [7, 11) is 0. The molecule has 7 heteroatoms. The number of nitrogens with one attached hydrogen (secondary N) is 2. The van der Waals surface area contributed by atoms with E-state index in [2.05, 4.69) is 20.6 Å². The highest BCUT2D eigenvalue weighted by Crippen LogP contribution is 2.24. The Morgan fingerprint density at radius 3 is 2.09 bits per heavy atom. The summed E-state index contributed by atoms with van der Waals surface area (Å²) >= 11 is 11.9. The van der Waals surface area contributed by atoms with E-state index in [4.69, 9.17) is 23.2 Å². The molecule has 116 valence electrons. The molecule has 22 heavy (non-hydrogen) atoms. The standard InChI is InChI=1S/C15H16Cl2N4O/c1-15(2,3)21-13(22)9-7-18-14(19-8-9)20-12-5-10(16)4-11(17)6-12/h4-8H,1-3H3,(H,21,22)(H,18,19,20). The Hall–Kier alpha value is -1.85. The van der Waals surface area contributed by atoms with Crippen LogP contribution in [0.25, 0.3) is 0 Å². The van der Waals surface area contributed by atoms with E-state index in [0.717, 1.165) is 0 Å². The SMILES string of the molecule is CC(C)(C)NC(=O)c1cnc(Nc2cc(Cl)cc(Cl)c2)nc1. The van der Waals surface area contributed by atoms with E-state index >= 15 is 0 Å². The summed E-state index contributed by atoms with van der Waals surface area (Å²) in [4.78, 5) is 20.2. The van der Waals surface area contributed by atoms with Crippen molar-refractivity contribution < 1.29 is 4.79 Å². The molecular weight excluding hydrogens is 323 g/mol. The fourth-order valence-electron chi connectivity index (χ4n) is 1.68. The number of rotatable bonds is 3. The maximum absolute atomic E-state index is 12.0. The Balaban J connectivity index is 2.10. The van der Waals surface area contributed by atoms with Gasteiger partial charge in [0.05, 0.1) is 5.56 Å². The highest BCUT2D eigenvalue weighted by atomic mass is 35.5. The van der Waals surface area contributed by atoms with E-state index < -0.39 is 0 Å². The fourth-order valence-corrected chi connectivity index (χ4v) is 2.20. The third-order valence-electron chi connectivity index (χ3n) is 2.52. The van der Waals surface area contributed by atoms with Crippen LogP contribution >= 0.6 is 23.2 Å². The average molecular weight is 339 g/mol. The van der Waals surface area contributed by atoms with Gasteiger partial charge in [-0.25, -0.2) is 9.97 Å². The summed E-state index contributed by atoms with van der Waals surface area (Å²) in [5.41, 5.74) is 0.750. The second kappa shape index (κ2) is 6.50. The van der Waals surface area contributed by atoms with Crippen molar-refractivity contribution in [1.29, 1.82) is 0 Å². The van der Waals surface area contributed by atoms with Crippen molar-refractivity contribution in [2.24, 2.45) is 0 Å². The van der Waals surface area contributed by atoms with Crippen LogP contribution in [0.3, 0.4) is 0 Å². The number of nitrogens with zero attached hydrogens (tertiary/aromatic N) is 2. The predicted octanol–water partition coefficient (Wildman–Crippen LogP) is 4.06. The van der Waals surface area contributed by atoms with E-state index in [1.807, 2.05) is 20.8 Å². The molecule has 5 nitrogen and oxygen atoms in total. The summed E-state index contributed by atoms with van der Waals surface area (Å²) in [6, 6.07) is 5.04. The summed E-state index contributed by atoms with van der Waals surface area (Å²) in [5, 5.41) is 6.84. The van der Waals surface area contributed by atoms with Gasteiger partial charge in [0.25, 0.3) is 5.91 Å². The molecule has 0 saturated carbocycles. The minimum absolute atomic E-state index is 0.218.